The fourth-order valence-corrected chi connectivity index (χ4v) is 3.64. The Balaban J connectivity index is 1.78. The standard InChI is InChI=1S/C14H19N3O3S/c15-13(10-1-2-10)8-17-21(19,20)11-4-3-9-5-6-16-14(18)12(9)7-11/h3-4,7,10,13,17H,1-2,5-6,8,15H2,(H,16,18). The van der Waals surface area contributed by atoms with Crippen molar-refractivity contribution < 1.29 is 13.2 Å². The number of rotatable bonds is 5. The topological polar surface area (TPSA) is 101 Å². The Labute approximate surface area is 124 Å². The van der Waals surface area contributed by atoms with Crippen LogP contribution in [0.15, 0.2) is 23.1 Å². The number of fused-ring (bicyclic) bond motifs is 1. The third-order valence-corrected chi connectivity index (χ3v) is 5.47. The lowest BCUT2D eigenvalue weighted by molar-refractivity contribution is 0.0945. The zero-order valence-electron chi connectivity index (χ0n) is 11.6. The predicted molar refractivity (Wildman–Crippen MR) is 78.4 cm³/mol. The van der Waals surface area contributed by atoms with Gasteiger partial charge in [-0.1, -0.05) is 6.07 Å². The van der Waals surface area contributed by atoms with Crippen molar-refractivity contribution in [2.24, 2.45) is 11.7 Å². The van der Waals surface area contributed by atoms with Gasteiger partial charge in [-0.3, -0.25) is 4.79 Å². The Morgan fingerprint density at radius 3 is 2.86 bits per heavy atom. The first-order valence-corrected chi connectivity index (χ1v) is 8.62. The minimum absolute atomic E-state index is 0.112. The molecule has 1 atom stereocenters. The minimum atomic E-state index is -3.63. The van der Waals surface area contributed by atoms with Crippen LogP contribution < -0.4 is 15.8 Å². The highest BCUT2D eigenvalue weighted by Gasteiger charge is 2.29. The van der Waals surface area contributed by atoms with Crippen LogP contribution in [0.3, 0.4) is 0 Å². The molecule has 6 nitrogen and oxygen atoms in total. The third kappa shape index (κ3) is 3.09. The van der Waals surface area contributed by atoms with Crippen molar-refractivity contribution in [1.82, 2.24) is 10.0 Å². The highest BCUT2D eigenvalue weighted by molar-refractivity contribution is 7.89. The molecule has 114 valence electrons. The SMILES string of the molecule is NC(CNS(=O)(=O)c1ccc2c(c1)C(=O)NCC2)C1CC1. The molecule has 4 N–H and O–H groups in total. The number of benzene rings is 1. The molecule has 2 aliphatic rings. The second-order valence-corrected chi connectivity index (χ2v) is 7.44. The maximum Gasteiger partial charge on any atom is 0.251 e. The largest absolute Gasteiger partial charge is 0.352 e. The summed E-state index contributed by atoms with van der Waals surface area (Å²) in [5.74, 6) is 0.213. The first kappa shape index (κ1) is 14.5. The zero-order valence-corrected chi connectivity index (χ0v) is 12.4. The van der Waals surface area contributed by atoms with Crippen LogP contribution >= 0.6 is 0 Å². The first-order valence-electron chi connectivity index (χ1n) is 7.14. The van der Waals surface area contributed by atoms with Crippen molar-refractivity contribution >= 4 is 15.9 Å². The van der Waals surface area contributed by atoms with E-state index in [-0.39, 0.29) is 23.4 Å². The van der Waals surface area contributed by atoms with Crippen LogP contribution in [0.2, 0.25) is 0 Å². The number of carbonyl (C=O) groups is 1. The van der Waals surface area contributed by atoms with Gasteiger partial charge in [0.05, 0.1) is 4.90 Å². The smallest absolute Gasteiger partial charge is 0.251 e. The van der Waals surface area contributed by atoms with E-state index in [0.717, 1.165) is 24.8 Å². The number of sulfonamides is 1. The molecule has 1 amide bonds. The highest BCUT2D eigenvalue weighted by atomic mass is 32.2. The lowest BCUT2D eigenvalue weighted by Crippen LogP contribution is -2.38. The van der Waals surface area contributed by atoms with Crippen molar-refractivity contribution in [3.8, 4) is 0 Å². The van der Waals surface area contributed by atoms with E-state index >= 15 is 0 Å². The van der Waals surface area contributed by atoms with E-state index in [9.17, 15) is 13.2 Å². The van der Waals surface area contributed by atoms with Gasteiger partial charge in [0.15, 0.2) is 0 Å². The maximum absolute atomic E-state index is 12.3. The average molecular weight is 309 g/mol. The average Bonchev–Trinajstić information content (AvgIpc) is 3.29. The van der Waals surface area contributed by atoms with Crippen LogP contribution in [0.5, 0.6) is 0 Å². The molecule has 1 saturated carbocycles. The number of hydrogen-bond acceptors (Lipinski definition) is 4. The van der Waals surface area contributed by atoms with E-state index in [2.05, 4.69) is 10.0 Å². The van der Waals surface area contributed by atoms with E-state index < -0.39 is 10.0 Å². The quantitative estimate of drug-likeness (QED) is 0.712. The van der Waals surface area contributed by atoms with Gasteiger partial charge < -0.3 is 11.1 Å². The van der Waals surface area contributed by atoms with Crippen molar-refractivity contribution in [2.45, 2.75) is 30.2 Å². The molecule has 1 aromatic rings. The number of nitrogens with two attached hydrogens (primary N) is 1. The lowest BCUT2D eigenvalue weighted by Gasteiger charge is -2.18. The number of nitrogens with one attached hydrogen (secondary N) is 2. The Hall–Kier alpha value is -1.44. The second kappa shape index (κ2) is 5.40. The van der Waals surface area contributed by atoms with Gasteiger partial charge in [0.25, 0.3) is 5.91 Å². The van der Waals surface area contributed by atoms with Crippen molar-refractivity contribution in [2.75, 3.05) is 13.1 Å². The van der Waals surface area contributed by atoms with Crippen molar-refractivity contribution in [3.05, 3.63) is 29.3 Å². The summed E-state index contributed by atoms with van der Waals surface area (Å²) in [4.78, 5) is 11.9. The molecule has 1 fully saturated rings. The molecule has 1 aliphatic heterocycles. The number of amides is 1. The van der Waals surface area contributed by atoms with Gasteiger partial charge in [0.2, 0.25) is 10.0 Å². The van der Waals surface area contributed by atoms with Crippen LogP contribution in [0, 0.1) is 5.92 Å². The molecule has 0 bridgehead atoms. The van der Waals surface area contributed by atoms with Gasteiger partial charge >= 0.3 is 0 Å². The Morgan fingerprint density at radius 2 is 2.14 bits per heavy atom. The third-order valence-electron chi connectivity index (χ3n) is 4.05. The van der Waals surface area contributed by atoms with Crippen molar-refractivity contribution in [1.29, 1.82) is 0 Å². The Kier molecular flexibility index (Phi) is 3.73. The fraction of sp³-hybridized carbons (Fsp3) is 0.500. The van der Waals surface area contributed by atoms with Crippen LogP contribution in [0.1, 0.15) is 28.8 Å². The molecule has 1 heterocycles. The summed E-state index contributed by atoms with van der Waals surface area (Å²) in [5, 5.41) is 2.72. The maximum atomic E-state index is 12.3. The van der Waals surface area contributed by atoms with Crippen LogP contribution in [0.25, 0.3) is 0 Å². The molecule has 3 rings (SSSR count). The summed E-state index contributed by atoms with van der Waals surface area (Å²) in [7, 11) is -3.63. The molecule has 0 spiro atoms. The summed E-state index contributed by atoms with van der Waals surface area (Å²) in [6.45, 7) is 0.822. The lowest BCUT2D eigenvalue weighted by atomic mass is 10.0. The van der Waals surface area contributed by atoms with Gasteiger partial charge in [0.1, 0.15) is 0 Å². The van der Waals surface area contributed by atoms with Gasteiger partial charge in [-0.15, -0.1) is 0 Å². The molecule has 0 saturated heterocycles. The molecule has 7 heteroatoms. The van der Waals surface area contributed by atoms with E-state index in [1.807, 2.05) is 0 Å². The first-order chi connectivity index (χ1) is 9.97. The zero-order chi connectivity index (χ0) is 15.0. The Bertz CT molecular complexity index is 668. The molecular weight excluding hydrogens is 290 g/mol. The normalized spacial score (nSPS) is 19.8. The molecule has 1 aromatic carbocycles. The van der Waals surface area contributed by atoms with Crippen molar-refractivity contribution in [3.63, 3.8) is 0 Å². The second-order valence-electron chi connectivity index (χ2n) is 5.68. The highest BCUT2D eigenvalue weighted by Crippen LogP contribution is 2.31. The predicted octanol–water partition coefficient (Wildman–Crippen LogP) is -0.0119. The van der Waals surface area contributed by atoms with Gasteiger partial charge in [-0.05, 0) is 42.9 Å². The molecule has 0 aromatic heterocycles. The summed E-state index contributed by atoms with van der Waals surface area (Å²) < 4.78 is 27.1. The summed E-state index contributed by atoms with van der Waals surface area (Å²) in [6, 6.07) is 4.56. The summed E-state index contributed by atoms with van der Waals surface area (Å²) in [6.07, 6.45) is 2.87. The summed E-state index contributed by atoms with van der Waals surface area (Å²) in [5.41, 5.74) is 7.23. The molecular formula is C14H19N3O3S. The molecule has 21 heavy (non-hydrogen) atoms. The van der Waals surface area contributed by atoms with Crippen LogP contribution in [-0.2, 0) is 16.4 Å². The molecule has 0 radical (unpaired) electrons. The van der Waals surface area contributed by atoms with Crippen LogP contribution in [0.4, 0.5) is 0 Å². The summed E-state index contributed by atoms with van der Waals surface area (Å²) >= 11 is 0. The number of hydrogen-bond donors (Lipinski definition) is 3. The van der Waals surface area contributed by atoms with Crippen LogP contribution in [-0.4, -0.2) is 33.5 Å². The van der Waals surface area contributed by atoms with E-state index in [1.54, 1.807) is 12.1 Å². The molecule has 1 unspecified atom stereocenters. The van der Waals surface area contributed by atoms with E-state index in [4.69, 9.17) is 5.73 Å². The van der Waals surface area contributed by atoms with E-state index in [1.165, 1.54) is 6.07 Å². The number of carbonyl (C=O) groups excluding carboxylic acids is 1. The monoisotopic (exact) mass is 309 g/mol. The van der Waals surface area contributed by atoms with Gasteiger partial charge in [-0.2, -0.15) is 0 Å². The Morgan fingerprint density at radius 1 is 1.38 bits per heavy atom. The van der Waals surface area contributed by atoms with E-state index in [0.29, 0.717) is 18.0 Å². The minimum Gasteiger partial charge on any atom is -0.352 e. The molecule has 1 aliphatic carbocycles. The van der Waals surface area contributed by atoms with Gasteiger partial charge in [-0.25, -0.2) is 13.1 Å². The fourth-order valence-electron chi connectivity index (χ4n) is 2.54. The van der Waals surface area contributed by atoms with Gasteiger partial charge in [0, 0.05) is 24.7 Å².